The SMILES string of the molecule is CC(C)(C)N1C[C@H](C(=O)Nc2cccc3cnccc23)[C@@H](c2ccc(F)cc2)C1. The normalized spacial score (nSPS) is 20.1. The Balaban J connectivity index is 1.64. The average Bonchev–Trinajstić information content (AvgIpc) is 3.15. The number of carbonyl (C=O) groups excluding carboxylic acids is 1. The molecule has 0 aliphatic carbocycles. The van der Waals surface area contributed by atoms with Crippen molar-refractivity contribution in [2.45, 2.75) is 32.2 Å². The second kappa shape index (κ2) is 7.56. The molecule has 0 bridgehead atoms. The molecule has 150 valence electrons. The van der Waals surface area contributed by atoms with E-state index in [4.69, 9.17) is 0 Å². The fourth-order valence-corrected chi connectivity index (χ4v) is 4.12. The third kappa shape index (κ3) is 4.01. The average molecular weight is 391 g/mol. The number of anilines is 1. The van der Waals surface area contributed by atoms with E-state index in [9.17, 15) is 9.18 Å². The highest BCUT2D eigenvalue weighted by Gasteiger charge is 2.42. The summed E-state index contributed by atoms with van der Waals surface area (Å²) in [5.41, 5.74) is 1.75. The second-order valence-electron chi connectivity index (χ2n) is 8.73. The number of hydrogen-bond donors (Lipinski definition) is 1. The zero-order chi connectivity index (χ0) is 20.6. The highest BCUT2D eigenvalue weighted by atomic mass is 19.1. The number of aromatic nitrogens is 1. The molecule has 1 fully saturated rings. The van der Waals surface area contributed by atoms with Gasteiger partial charge >= 0.3 is 0 Å². The molecule has 4 rings (SSSR count). The number of nitrogens with one attached hydrogen (secondary N) is 1. The van der Waals surface area contributed by atoms with Crippen molar-refractivity contribution < 1.29 is 9.18 Å². The fraction of sp³-hybridized carbons (Fsp3) is 0.333. The first kappa shape index (κ1) is 19.5. The van der Waals surface area contributed by atoms with Gasteiger partial charge in [-0.15, -0.1) is 0 Å². The monoisotopic (exact) mass is 391 g/mol. The summed E-state index contributed by atoms with van der Waals surface area (Å²) in [6.07, 6.45) is 3.53. The molecule has 0 unspecified atom stereocenters. The standard InChI is InChI=1S/C24H26FN3O/c1-24(2,3)28-14-20(16-7-9-18(25)10-8-16)21(15-28)23(29)27-22-6-4-5-17-13-26-12-11-19(17)22/h4-13,20-21H,14-15H2,1-3H3,(H,27,29)/t20-,21+/m1/s1. The van der Waals surface area contributed by atoms with Crippen LogP contribution in [0.2, 0.25) is 0 Å². The van der Waals surface area contributed by atoms with Crippen LogP contribution in [0.1, 0.15) is 32.3 Å². The molecule has 1 aromatic heterocycles. The van der Waals surface area contributed by atoms with E-state index < -0.39 is 0 Å². The van der Waals surface area contributed by atoms with Crippen molar-refractivity contribution in [3.63, 3.8) is 0 Å². The minimum Gasteiger partial charge on any atom is -0.325 e. The lowest BCUT2D eigenvalue weighted by Crippen LogP contribution is -2.40. The first-order chi connectivity index (χ1) is 13.8. The van der Waals surface area contributed by atoms with Gasteiger partial charge in [-0.2, -0.15) is 0 Å². The third-order valence-electron chi connectivity index (χ3n) is 5.84. The molecule has 2 aromatic carbocycles. The molecule has 1 aliphatic rings. The van der Waals surface area contributed by atoms with Crippen LogP contribution in [0.5, 0.6) is 0 Å². The number of carbonyl (C=O) groups is 1. The molecule has 0 radical (unpaired) electrons. The van der Waals surface area contributed by atoms with Crippen molar-refractivity contribution in [2.75, 3.05) is 18.4 Å². The minimum absolute atomic E-state index is 0.00427. The summed E-state index contributed by atoms with van der Waals surface area (Å²) in [5.74, 6) is -0.455. The number of fused-ring (bicyclic) bond motifs is 1. The zero-order valence-electron chi connectivity index (χ0n) is 17.0. The summed E-state index contributed by atoms with van der Waals surface area (Å²) in [7, 11) is 0. The molecular formula is C24H26FN3O. The van der Waals surface area contributed by atoms with Crippen LogP contribution >= 0.6 is 0 Å². The number of likely N-dealkylation sites (tertiary alicyclic amines) is 1. The fourth-order valence-electron chi connectivity index (χ4n) is 4.12. The van der Waals surface area contributed by atoms with Gasteiger partial charge in [-0.1, -0.05) is 24.3 Å². The Morgan fingerprint density at radius 3 is 2.59 bits per heavy atom. The van der Waals surface area contributed by atoms with Crippen molar-refractivity contribution in [1.82, 2.24) is 9.88 Å². The lowest BCUT2D eigenvalue weighted by Gasteiger charge is -2.31. The number of rotatable bonds is 3. The van der Waals surface area contributed by atoms with Gasteiger partial charge in [0.25, 0.3) is 0 Å². The summed E-state index contributed by atoms with van der Waals surface area (Å²) < 4.78 is 13.4. The molecule has 1 N–H and O–H groups in total. The predicted molar refractivity (Wildman–Crippen MR) is 114 cm³/mol. The molecule has 29 heavy (non-hydrogen) atoms. The molecule has 1 saturated heterocycles. The Morgan fingerprint density at radius 1 is 1.10 bits per heavy atom. The maximum atomic E-state index is 13.4. The third-order valence-corrected chi connectivity index (χ3v) is 5.84. The van der Waals surface area contributed by atoms with Crippen LogP contribution in [-0.2, 0) is 4.79 Å². The van der Waals surface area contributed by atoms with Gasteiger partial charge in [0, 0.05) is 53.4 Å². The summed E-state index contributed by atoms with van der Waals surface area (Å²) in [5, 5.41) is 5.10. The number of hydrogen-bond acceptors (Lipinski definition) is 3. The van der Waals surface area contributed by atoms with Gasteiger partial charge in [0.2, 0.25) is 5.91 Å². The summed E-state index contributed by atoms with van der Waals surface area (Å²) in [6, 6.07) is 14.3. The second-order valence-corrected chi connectivity index (χ2v) is 8.73. The number of nitrogens with zero attached hydrogens (tertiary/aromatic N) is 2. The van der Waals surface area contributed by atoms with Gasteiger partial charge in [-0.25, -0.2) is 4.39 Å². The van der Waals surface area contributed by atoms with Crippen molar-refractivity contribution in [1.29, 1.82) is 0 Å². The van der Waals surface area contributed by atoms with Crippen LogP contribution in [0.4, 0.5) is 10.1 Å². The van der Waals surface area contributed by atoms with E-state index in [1.165, 1.54) is 12.1 Å². The van der Waals surface area contributed by atoms with E-state index >= 15 is 0 Å². The summed E-state index contributed by atoms with van der Waals surface area (Å²) >= 11 is 0. The summed E-state index contributed by atoms with van der Waals surface area (Å²) in [4.78, 5) is 19.8. The first-order valence-corrected chi connectivity index (χ1v) is 9.97. The Labute approximate surface area is 170 Å². The number of benzene rings is 2. The Hall–Kier alpha value is -2.79. The van der Waals surface area contributed by atoms with Crippen LogP contribution in [-0.4, -0.2) is 34.4 Å². The van der Waals surface area contributed by atoms with Crippen LogP contribution in [0, 0.1) is 11.7 Å². The van der Waals surface area contributed by atoms with E-state index in [-0.39, 0.29) is 29.1 Å². The largest absolute Gasteiger partial charge is 0.325 e. The van der Waals surface area contributed by atoms with Crippen molar-refractivity contribution in [3.05, 3.63) is 72.3 Å². The predicted octanol–water partition coefficient (Wildman–Crippen LogP) is 4.83. The van der Waals surface area contributed by atoms with Gasteiger partial charge in [0.1, 0.15) is 5.82 Å². The molecule has 1 aliphatic heterocycles. The lowest BCUT2D eigenvalue weighted by atomic mass is 9.88. The molecule has 4 nitrogen and oxygen atoms in total. The number of amides is 1. The van der Waals surface area contributed by atoms with Crippen LogP contribution < -0.4 is 5.32 Å². The maximum Gasteiger partial charge on any atom is 0.229 e. The lowest BCUT2D eigenvalue weighted by molar-refractivity contribution is -0.120. The molecule has 1 amide bonds. The van der Waals surface area contributed by atoms with Gasteiger partial charge in [-0.05, 0) is 50.6 Å². The Kier molecular flexibility index (Phi) is 5.09. The quantitative estimate of drug-likeness (QED) is 0.696. The Bertz CT molecular complexity index is 1020. The number of pyridine rings is 1. The van der Waals surface area contributed by atoms with Crippen molar-refractivity contribution >= 4 is 22.4 Å². The van der Waals surface area contributed by atoms with Gasteiger partial charge in [0.15, 0.2) is 0 Å². The van der Waals surface area contributed by atoms with E-state index in [1.807, 2.05) is 24.3 Å². The van der Waals surface area contributed by atoms with Crippen LogP contribution in [0.25, 0.3) is 10.8 Å². The van der Waals surface area contributed by atoms with Gasteiger partial charge in [-0.3, -0.25) is 14.7 Å². The maximum absolute atomic E-state index is 13.4. The van der Waals surface area contributed by atoms with Crippen LogP contribution in [0.3, 0.4) is 0 Å². The van der Waals surface area contributed by atoms with E-state index in [2.05, 4.69) is 36.0 Å². The molecule has 0 spiro atoms. The van der Waals surface area contributed by atoms with E-state index in [1.54, 1.807) is 24.5 Å². The van der Waals surface area contributed by atoms with E-state index in [0.29, 0.717) is 6.54 Å². The molecular weight excluding hydrogens is 365 g/mol. The number of halogens is 1. The van der Waals surface area contributed by atoms with Crippen molar-refractivity contribution in [3.8, 4) is 0 Å². The minimum atomic E-state index is -0.259. The topological polar surface area (TPSA) is 45.2 Å². The van der Waals surface area contributed by atoms with Gasteiger partial charge < -0.3 is 5.32 Å². The van der Waals surface area contributed by atoms with Gasteiger partial charge in [0.05, 0.1) is 5.92 Å². The molecule has 5 heteroatoms. The smallest absolute Gasteiger partial charge is 0.229 e. The zero-order valence-corrected chi connectivity index (χ0v) is 17.0. The molecule has 0 saturated carbocycles. The van der Waals surface area contributed by atoms with E-state index in [0.717, 1.165) is 28.6 Å². The first-order valence-electron chi connectivity index (χ1n) is 9.97. The molecule has 2 heterocycles. The highest BCUT2D eigenvalue weighted by Crippen LogP contribution is 2.37. The van der Waals surface area contributed by atoms with Crippen molar-refractivity contribution in [2.24, 2.45) is 5.92 Å². The Morgan fingerprint density at radius 2 is 1.86 bits per heavy atom. The molecule has 2 atom stereocenters. The van der Waals surface area contributed by atoms with Crippen LogP contribution in [0.15, 0.2) is 60.9 Å². The highest BCUT2D eigenvalue weighted by molar-refractivity contribution is 6.03. The summed E-state index contributed by atoms with van der Waals surface area (Å²) in [6.45, 7) is 7.92. The molecule has 3 aromatic rings.